The molecule has 102 valence electrons. The smallest absolute Gasteiger partial charge is 0.0611 e. The Kier molecular flexibility index (Phi) is 6.79. The van der Waals surface area contributed by atoms with Crippen molar-refractivity contribution in [3.05, 3.63) is 11.6 Å². The molecule has 0 bridgehead atoms. The standard InChI is InChI=1S/C14H24N2S2/c1-4-7-8-10-9-11(17-5-2)13(16)14(12(10)15)18-6-3/h9H,4-8,15-16H2,1-3H3. The van der Waals surface area contributed by atoms with Crippen molar-refractivity contribution in [3.8, 4) is 0 Å². The average Bonchev–Trinajstić information content (AvgIpc) is 2.36. The molecule has 4 heteroatoms. The molecular weight excluding hydrogens is 260 g/mol. The molecule has 2 nitrogen and oxygen atoms in total. The van der Waals surface area contributed by atoms with E-state index in [1.165, 1.54) is 23.3 Å². The number of unbranched alkanes of at least 4 members (excludes halogenated alkanes) is 1. The summed E-state index contributed by atoms with van der Waals surface area (Å²) in [4.78, 5) is 2.27. The fourth-order valence-corrected chi connectivity index (χ4v) is 3.56. The maximum Gasteiger partial charge on any atom is 0.0611 e. The molecule has 0 fully saturated rings. The van der Waals surface area contributed by atoms with Crippen molar-refractivity contribution in [2.75, 3.05) is 23.0 Å². The van der Waals surface area contributed by atoms with Crippen LogP contribution in [0.25, 0.3) is 0 Å². The van der Waals surface area contributed by atoms with Crippen LogP contribution in [0.2, 0.25) is 0 Å². The molecule has 0 radical (unpaired) electrons. The van der Waals surface area contributed by atoms with Crippen molar-refractivity contribution in [1.29, 1.82) is 0 Å². The molecule has 0 spiro atoms. The lowest BCUT2D eigenvalue weighted by molar-refractivity contribution is 0.793. The summed E-state index contributed by atoms with van der Waals surface area (Å²) in [6.07, 6.45) is 3.42. The number of hydrogen-bond donors (Lipinski definition) is 2. The van der Waals surface area contributed by atoms with Gasteiger partial charge in [-0.3, -0.25) is 0 Å². The van der Waals surface area contributed by atoms with E-state index in [2.05, 4.69) is 26.8 Å². The van der Waals surface area contributed by atoms with E-state index in [0.717, 1.165) is 34.2 Å². The molecule has 0 aliphatic rings. The first kappa shape index (κ1) is 15.6. The van der Waals surface area contributed by atoms with Gasteiger partial charge in [0.1, 0.15) is 0 Å². The van der Waals surface area contributed by atoms with Crippen LogP contribution in [-0.2, 0) is 6.42 Å². The predicted octanol–water partition coefficient (Wildman–Crippen LogP) is 4.42. The van der Waals surface area contributed by atoms with E-state index in [4.69, 9.17) is 11.5 Å². The third kappa shape index (κ3) is 3.75. The van der Waals surface area contributed by atoms with E-state index in [1.807, 2.05) is 0 Å². The molecule has 0 atom stereocenters. The van der Waals surface area contributed by atoms with Crippen LogP contribution in [0.4, 0.5) is 11.4 Å². The maximum atomic E-state index is 6.27. The van der Waals surface area contributed by atoms with Crippen molar-refractivity contribution in [2.45, 2.75) is 49.8 Å². The molecule has 0 aliphatic carbocycles. The van der Waals surface area contributed by atoms with Crippen molar-refractivity contribution in [1.82, 2.24) is 0 Å². The van der Waals surface area contributed by atoms with Gasteiger partial charge >= 0.3 is 0 Å². The molecule has 0 saturated carbocycles. The normalized spacial score (nSPS) is 10.8. The van der Waals surface area contributed by atoms with Gasteiger partial charge in [0.15, 0.2) is 0 Å². The van der Waals surface area contributed by atoms with Gasteiger partial charge in [0.25, 0.3) is 0 Å². The number of thioether (sulfide) groups is 2. The second-order valence-corrected chi connectivity index (χ2v) is 6.74. The van der Waals surface area contributed by atoms with Crippen LogP contribution in [0.1, 0.15) is 39.2 Å². The minimum Gasteiger partial charge on any atom is -0.398 e. The number of aryl methyl sites for hydroxylation is 1. The highest BCUT2D eigenvalue weighted by atomic mass is 32.2. The molecule has 0 aliphatic heterocycles. The fourth-order valence-electron chi connectivity index (χ4n) is 1.87. The molecule has 0 aromatic heterocycles. The Balaban J connectivity index is 3.16. The number of nitrogens with two attached hydrogens (primary N) is 2. The molecule has 0 amide bonds. The molecule has 1 aromatic carbocycles. The lowest BCUT2D eigenvalue weighted by Gasteiger charge is -2.16. The fraction of sp³-hybridized carbons (Fsp3) is 0.571. The second kappa shape index (κ2) is 7.85. The Morgan fingerprint density at radius 1 is 1.00 bits per heavy atom. The maximum absolute atomic E-state index is 6.27. The van der Waals surface area contributed by atoms with Crippen LogP contribution in [0, 0.1) is 0 Å². The molecular formula is C14H24N2S2. The molecule has 0 unspecified atom stereocenters. The number of nitrogen functional groups attached to an aromatic ring is 2. The first-order chi connectivity index (χ1) is 8.65. The molecule has 4 N–H and O–H groups in total. The van der Waals surface area contributed by atoms with E-state index < -0.39 is 0 Å². The van der Waals surface area contributed by atoms with Crippen LogP contribution >= 0.6 is 23.5 Å². The summed E-state index contributed by atoms with van der Waals surface area (Å²) in [5.41, 5.74) is 15.5. The second-order valence-electron chi connectivity index (χ2n) is 4.16. The summed E-state index contributed by atoms with van der Waals surface area (Å²) < 4.78 is 0. The zero-order chi connectivity index (χ0) is 13.5. The van der Waals surface area contributed by atoms with E-state index in [-0.39, 0.29) is 0 Å². The van der Waals surface area contributed by atoms with Gasteiger partial charge in [-0.2, -0.15) is 0 Å². The first-order valence-electron chi connectivity index (χ1n) is 6.62. The van der Waals surface area contributed by atoms with Gasteiger partial charge in [0.2, 0.25) is 0 Å². The van der Waals surface area contributed by atoms with Crippen molar-refractivity contribution in [2.24, 2.45) is 0 Å². The molecule has 1 rings (SSSR count). The lowest BCUT2D eigenvalue weighted by atomic mass is 10.1. The van der Waals surface area contributed by atoms with Crippen molar-refractivity contribution >= 4 is 34.9 Å². The van der Waals surface area contributed by atoms with Crippen LogP contribution in [0.15, 0.2) is 15.9 Å². The number of hydrogen-bond acceptors (Lipinski definition) is 4. The van der Waals surface area contributed by atoms with E-state index in [0.29, 0.717) is 0 Å². The lowest BCUT2D eigenvalue weighted by Crippen LogP contribution is -2.03. The third-order valence-corrected chi connectivity index (χ3v) is 4.75. The number of benzene rings is 1. The van der Waals surface area contributed by atoms with Gasteiger partial charge in [0, 0.05) is 4.90 Å². The minimum atomic E-state index is 0.867. The number of rotatable bonds is 7. The summed E-state index contributed by atoms with van der Waals surface area (Å²) in [5.74, 6) is 2.04. The summed E-state index contributed by atoms with van der Waals surface area (Å²) in [6, 6.07) is 2.19. The van der Waals surface area contributed by atoms with Gasteiger partial charge in [-0.25, -0.2) is 0 Å². The van der Waals surface area contributed by atoms with Gasteiger partial charge in [0.05, 0.1) is 16.3 Å². The van der Waals surface area contributed by atoms with Crippen LogP contribution in [-0.4, -0.2) is 11.5 Å². The van der Waals surface area contributed by atoms with E-state index >= 15 is 0 Å². The molecule has 0 heterocycles. The Labute approximate surface area is 119 Å². The Morgan fingerprint density at radius 3 is 2.22 bits per heavy atom. The number of anilines is 2. The quantitative estimate of drug-likeness (QED) is 0.575. The summed E-state index contributed by atoms with van der Waals surface area (Å²) in [5, 5.41) is 0. The zero-order valence-electron chi connectivity index (χ0n) is 11.6. The summed E-state index contributed by atoms with van der Waals surface area (Å²) >= 11 is 3.56. The molecule has 1 aromatic rings. The zero-order valence-corrected chi connectivity index (χ0v) is 13.2. The van der Waals surface area contributed by atoms with E-state index in [1.54, 1.807) is 23.5 Å². The molecule has 0 saturated heterocycles. The van der Waals surface area contributed by atoms with Gasteiger partial charge in [-0.1, -0.05) is 27.2 Å². The highest BCUT2D eigenvalue weighted by molar-refractivity contribution is 8.00. The summed E-state index contributed by atoms with van der Waals surface area (Å²) in [7, 11) is 0. The Hall–Kier alpha value is -0.480. The molecule has 18 heavy (non-hydrogen) atoms. The van der Waals surface area contributed by atoms with Gasteiger partial charge < -0.3 is 11.5 Å². The minimum absolute atomic E-state index is 0.867. The van der Waals surface area contributed by atoms with Gasteiger partial charge in [-0.05, 0) is 36.0 Å². The average molecular weight is 284 g/mol. The third-order valence-electron chi connectivity index (χ3n) is 2.79. The Bertz CT molecular complexity index is 392. The highest BCUT2D eigenvalue weighted by Crippen LogP contribution is 2.40. The topological polar surface area (TPSA) is 52.0 Å². The highest BCUT2D eigenvalue weighted by Gasteiger charge is 2.14. The Morgan fingerprint density at radius 2 is 1.67 bits per heavy atom. The van der Waals surface area contributed by atoms with Crippen molar-refractivity contribution < 1.29 is 0 Å². The van der Waals surface area contributed by atoms with Gasteiger partial charge in [-0.15, -0.1) is 23.5 Å². The van der Waals surface area contributed by atoms with Crippen LogP contribution < -0.4 is 11.5 Å². The van der Waals surface area contributed by atoms with Crippen LogP contribution in [0.3, 0.4) is 0 Å². The van der Waals surface area contributed by atoms with Crippen molar-refractivity contribution in [3.63, 3.8) is 0 Å². The summed E-state index contributed by atoms with van der Waals surface area (Å²) in [6.45, 7) is 6.49. The monoisotopic (exact) mass is 284 g/mol. The van der Waals surface area contributed by atoms with E-state index in [9.17, 15) is 0 Å². The van der Waals surface area contributed by atoms with Crippen LogP contribution in [0.5, 0.6) is 0 Å². The predicted molar refractivity (Wildman–Crippen MR) is 86.7 cm³/mol. The first-order valence-corrected chi connectivity index (χ1v) is 8.59. The largest absolute Gasteiger partial charge is 0.398 e. The SMILES string of the molecule is CCCCc1cc(SCC)c(N)c(SCC)c1N.